The predicted molar refractivity (Wildman–Crippen MR) is 129 cm³/mol. The van der Waals surface area contributed by atoms with Gasteiger partial charge in [-0.3, -0.25) is 9.59 Å². The smallest absolute Gasteiger partial charge is 0.255 e. The van der Waals surface area contributed by atoms with Crippen LogP contribution in [0.2, 0.25) is 5.02 Å². The molecule has 0 saturated carbocycles. The number of nitrogens with zero attached hydrogens (tertiary/aromatic N) is 1. The Hall–Kier alpha value is -3.31. The second-order valence-corrected chi connectivity index (χ2v) is 8.83. The molecule has 0 saturated heterocycles. The maximum Gasteiger partial charge on any atom is 0.255 e. The second kappa shape index (κ2) is 9.67. The van der Waals surface area contributed by atoms with Crippen molar-refractivity contribution in [3.63, 3.8) is 0 Å². The molecule has 170 valence electrons. The largest absolute Gasteiger partial charge is 0.494 e. The lowest BCUT2D eigenvalue weighted by molar-refractivity contribution is -0.132. The van der Waals surface area contributed by atoms with Crippen LogP contribution in [-0.4, -0.2) is 28.9 Å². The predicted octanol–water partition coefficient (Wildman–Crippen LogP) is 5.01. The Morgan fingerprint density at radius 2 is 1.82 bits per heavy atom. The molecule has 0 fully saturated rings. The fourth-order valence-corrected chi connectivity index (χ4v) is 4.35. The van der Waals surface area contributed by atoms with Gasteiger partial charge in [0.05, 0.1) is 6.61 Å². The van der Waals surface area contributed by atoms with Gasteiger partial charge in [-0.1, -0.05) is 54.1 Å². The van der Waals surface area contributed by atoms with E-state index in [0.29, 0.717) is 36.7 Å². The molecule has 0 aromatic heterocycles. The first-order valence-electron chi connectivity index (χ1n) is 11.0. The first kappa shape index (κ1) is 22.9. The second-order valence-electron chi connectivity index (χ2n) is 8.39. The van der Waals surface area contributed by atoms with Crippen LogP contribution in [0.1, 0.15) is 40.9 Å². The lowest BCUT2D eigenvalue weighted by atomic mass is 9.82. The van der Waals surface area contributed by atoms with Crippen molar-refractivity contribution in [2.24, 2.45) is 0 Å². The number of carbonyl (C=O) groups excluding carboxylic acids is 2. The molecule has 0 aliphatic carbocycles. The van der Waals surface area contributed by atoms with Gasteiger partial charge in [0.15, 0.2) is 0 Å². The average molecular weight is 463 g/mol. The zero-order valence-corrected chi connectivity index (χ0v) is 19.6. The van der Waals surface area contributed by atoms with Crippen molar-refractivity contribution in [2.45, 2.75) is 38.9 Å². The molecule has 1 unspecified atom stereocenters. The molecule has 1 heterocycles. The molecule has 1 N–H and O–H groups in total. The molecule has 0 spiro atoms. The summed E-state index contributed by atoms with van der Waals surface area (Å²) in [5.74, 6) is 0.401. The Kier molecular flexibility index (Phi) is 6.70. The highest BCUT2D eigenvalue weighted by Gasteiger charge is 2.46. The number of fused-ring (bicyclic) bond motifs is 1. The molecule has 3 aromatic rings. The maximum absolute atomic E-state index is 13.6. The number of amides is 2. The van der Waals surface area contributed by atoms with E-state index in [1.807, 2.05) is 74.5 Å². The number of halogens is 1. The molecule has 3 aromatic carbocycles. The summed E-state index contributed by atoms with van der Waals surface area (Å²) in [5.41, 5.74) is 2.33. The van der Waals surface area contributed by atoms with Gasteiger partial charge in [0.1, 0.15) is 11.3 Å². The van der Waals surface area contributed by atoms with E-state index >= 15 is 0 Å². The van der Waals surface area contributed by atoms with Crippen molar-refractivity contribution < 1.29 is 14.3 Å². The van der Waals surface area contributed by atoms with E-state index in [0.717, 1.165) is 22.4 Å². The number of rotatable bonds is 7. The summed E-state index contributed by atoms with van der Waals surface area (Å²) >= 11 is 5.97. The Morgan fingerprint density at radius 1 is 1.06 bits per heavy atom. The van der Waals surface area contributed by atoms with Crippen molar-refractivity contribution in [2.75, 3.05) is 6.61 Å². The van der Waals surface area contributed by atoms with Crippen LogP contribution >= 0.6 is 11.6 Å². The van der Waals surface area contributed by atoms with Gasteiger partial charge in [-0.15, -0.1) is 0 Å². The third kappa shape index (κ3) is 4.88. The van der Waals surface area contributed by atoms with Crippen LogP contribution in [0, 0.1) is 0 Å². The fourth-order valence-electron chi connectivity index (χ4n) is 4.23. The van der Waals surface area contributed by atoms with Gasteiger partial charge in [0.25, 0.3) is 5.91 Å². The molecule has 5 nitrogen and oxygen atoms in total. The van der Waals surface area contributed by atoms with Crippen molar-refractivity contribution in [1.82, 2.24) is 10.2 Å². The third-order valence-corrected chi connectivity index (χ3v) is 6.28. The molecule has 2 amide bonds. The monoisotopic (exact) mass is 462 g/mol. The van der Waals surface area contributed by atoms with E-state index in [2.05, 4.69) is 5.32 Å². The minimum atomic E-state index is -1.04. The molecular weight excluding hydrogens is 436 g/mol. The number of ether oxygens (including phenoxy) is 1. The summed E-state index contributed by atoms with van der Waals surface area (Å²) in [5, 5.41) is 3.67. The zero-order valence-electron chi connectivity index (χ0n) is 18.8. The Bertz CT molecular complexity index is 1160. The fraction of sp³-hybridized carbons (Fsp3) is 0.259. The number of nitrogens with one attached hydrogen (secondary N) is 1. The van der Waals surface area contributed by atoms with Gasteiger partial charge >= 0.3 is 0 Å². The lowest BCUT2D eigenvalue weighted by Gasteiger charge is -2.44. The van der Waals surface area contributed by atoms with Crippen molar-refractivity contribution in [3.8, 4) is 5.75 Å². The highest BCUT2D eigenvalue weighted by atomic mass is 35.5. The molecule has 1 atom stereocenters. The van der Waals surface area contributed by atoms with Crippen LogP contribution in [0.3, 0.4) is 0 Å². The molecule has 33 heavy (non-hydrogen) atoms. The molecular formula is C27H27ClN2O3. The van der Waals surface area contributed by atoms with Crippen LogP contribution in [0.4, 0.5) is 0 Å². The van der Waals surface area contributed by atoms with Crippen LogP contribution < -0.4 is 10.1 Å². The van der Waals surface area contributed by atoms with E-state index in [4.69, 9.17) is 16.3 Å². The van der Waals surface area contributed by atoms with Gasteiger partial charge in [0.2, 0.25) is 5.91 Å². The van der Waals surface area contributed by atoms with Crippen molar-refractivity contribution >= 4 is 23.4 Å². The lowest BCUT2D eigenvalue weighted by Crippen LogP contribution is -2.62. The number of hydrogen-bond acceptors (Lipinski definition) is 3. The van der Waals surface area contributed by atoms with Crippen molar-refractivity contribution in [1.29, 1.82) is 0 Å². The SMILES string of the molecule is CCOc1cccc(CN2C(=O)c3ccccc3CC2(C)C(=O)NCc2ccc(Cl)cc2)c1. The molecule has 4 rings (SSSR count). The van der Waals surface area contributed by atoms with Crippen LogP contribution in [-0.2, 0) is 24.3 Å². The van der Waals surface area contributed by atoms with Gasteiger partial charge in [0, 0.05) is 30.1 Å². The minimum Gasteiger partial charge on any atom is -0.494 e. The highest BCUT2D eigenvalue weighted by Crippen LogP contribution is 2.33. The van der Waals surface area contributed by atoms with Gasteiger partial charge in [-0.2, -0.15) is 0 Å². The summed E-state index contributed by atoms with van der Waals surface area (Å²) in [7, 11) is 0. The van der Waals surface area contributed by atoms with Gasteiger partial charge < -0.3 is 15.0 Å². The van der Waals surface area contributed by atoms with Gasteiger partial charge in [-0.05, 0) is 60.9 Å². The van der Waals surface area contributed by atoms with E-state index in [9.17, 15) is 9.59 Å². The summed E-state index contributed by atoms with van der Waals surface area (Å²) in [6.45, 7) is 4.99. The Morgan fingerprint density at radius 3 is 2.58 bits per heavy atom. The normalized spacial score (nSPS) is 17.4. The van der Waals surface area contributed by atoms with Crippen LogP contribution in [0.15, 0.2) is 72.8 Å². The van der Waals surface area contributed by atoms with Crippen LogP contribution in [0.5, 0.6) is 5.75 Å². The first-order chi connectivity index (χ1) is 15.9. The molecule has 6 heteroatoms. The number of benzene rings is 3. The first-order valence-corrected chi connectivity index (χ1v) is 11.4. The van der Waals surface area contributed by atoms with Crippen molar-refractivity contribution in [3.05, 3.63) is 100 Å². The minimum absolute atomic E-state index is 0.150. The van der Waals surface area contributed by atoms with Crippen LogP contribution in [0.25, 0.3) is 0 Å². The topological polar surface area (TPSA) is 58.6 Å². The zero-order chi connectivity index (χ0) is 23.4. The van der Waals surface area contributed by atoms with E-state index in [-0.39, 0.29) is 11.8 Å². The Balaban J connectivity index is 1.63. The maximum atomic E-state index is 13.6. The Labute approximate surface area is 199 Å². The standard InChI is InChI=1S/C27H27ClN2O3/c1-3-33-23-9-6-7-20(15-23)18-30-25(31)24-10-5-4-8-21(24)16-27(30,2)26(32)29-17-19-11-13-22(28)14-12-19/h4-15H,3,16-18H2,1-2H3,(H,29,32). The molecule has 0 bridgehead atoms. The molecule has 1 aliphatic rings. The van der Waals surface area contributed by atoms with E-state index in [1.165, 1.54) is 0 Å². The number of hydrogen-bond donors (Lipinski definition) is 1. The average Bonchev–Trinajstić information content (AvgIpc) is 2.82. The highest BCUT2D eigenvalue weighted by molar-refractivity contribution is 6.30. The van der Waals surface area contributed by atoms with E-state index < -0.39 is 5.54 Å². The molecule has 1 aliphatic heterocycles. The summed E-state index contributed by atoms with van der Waals surface area (Å²) in [4.78, 5) is 28.8. The quantitative estimate of drug-likeness (QED) is 0.536. The van der Waals surface area contributed by atoms with E-state index in [1.54, 1.807) is 17.0 Å². The summed E-state index contributed by atoms with van der Waals surface area (Å²) < 4.78 is 5.62. The molecule has 0 radical (unpaired) electrons. The number of carbonyl (C=O) groups is 2. The third-order valence-electron chi connectivity index (χ3n) is 6.03. The summed E-state index contributed by atoms with van der Waals surface area (Å²) in [6.07, 6.45) is 0.437. The van der Waals surface area contributed by atoms with Gasteiger partial charge in [-0.25, -0.2) is 0 Å². The summed E-state index contributed by atoms with van der Waals surface area (Å²) in [6, 6.07) is 22.5.